The molecule has 3 rings (SSSR count). The van der Waals surface area contributed by atoms with Crippen LogP contribution in [0.3, 0.4) is 0 Å². The number of hydrogen-bond acceptors (Lipinski definition) is 3. The lowest BCUT2D eigenvalue weighted by molar-refractivity contribution is 0.766. The highest BCUT2D eigenvalue weighted by molar-refractivity contribution is 5.76. The van der Waals surface area contributed by atoms with Gasteiger partial charge in [0.15, 0.2) is 0 Å². The molecule has 18 heavy (non-hydrogen) atoms. The Morgan fingerprint density at radius 3 is 2.72 bits per heavy atom. The van der Waals surface area contributed by atoms with Crippen LogP contribution in [0.15, 0.2) is 59.9 Å². The molecule has 88 valence electrons. The summed E-state index contributed by atoms with van der Waals surface area (Å²) in [6, 6.07) is 9.24. The van der Waals surface area contributed by atoms with Crippen LogP contribution >= 0.6 is 0 Å². The summed E-state index contributed by atoms with van der Waals surface area (Å²) >= 11 is 0. The van der Waals surface area contributed by atoms with Crippen LogP contribution in [0.2, 0.25) is 0 Å². The van der Waals surface area contributed by atoms with Crippen molar-refractivity contribution >= 4 is 10.9 Å². The van der Waals surface area contributed by atoms with Crippen LogP contribution in [-0.4, -0.2) is 14.5 Å². The highest BCUT2D eigenvalue weighted by Gasteiger charge is 2.03. The van der Waals surface area contributed by atoms with Gasteiger partial charge in [0, 0.05) is 24.8 Å². The second kappa shape index (κ2) is 4.41. The van der Waals surface area contributed by atoms with Crippen LogP contribution in [0, 0.1) is 0 Å². The van der Waals surface area contributed by atoms with Gasteiger partial charge in [-0.05, 0) is 35.9 Å². The van der Waals surface area contributed by atoms with E-state index >= 15 is 0 Å². The molecule has 0 bridgehead atoms. The van der Waals surface area contributed by atoms with Crippen molar-refractivity contribution < 1.29 is 0 Å². The van der Waals surface area contributed by atoms with Gasteiger partial charge in [-0.25, -0.2) is 0 Å². The molecule has 3 heterocycles. The van der Waals surface area contributed by atoms with Crippen molar-refractivity contribution in [2.45, 2.75) is 6.54 Å². The normalized spacial score (nSPS) is 10.7. The monoisotopic (exact) mass is 237 g/mol. The van der Waals surface area contributed by atoms with E-state index in [-0.39, 0.29) is 5.56 Å². The minimum Gasteiger partial charge on any atom is -0.310 e. The van der Waals surface area contributed by atoms with Gasteiger partial charge in [-0.15, -0.1) is 0 Å². The Hall–Kier alpha value is -2.49. The fourth-order valence-electron chi connectivity index (χ4n) is 1.92. The summed E-state index contributed by atoms with van der Waals surface area (Å²) in [5.74, 6) is 0. The molecule has 0 N–H and O–H groups in total. The van der Waals surface area contributed by atoms with E-state index in [1.165, 1.54) is 0 Å². The second-order valence-electron chi connectivity index (χ2n) is 4.04. The summed E-state index contributed by atoms with van der Waals surface area (Å²) in [7, 11) is 0. The van der Waals surface area contributed by atoms with Gasteiger partial charge in [-0.2, -0.15) is 0 Å². The van der Waals surface area contributed by atoms with Crippen molar-refractivity contribution in [2.75, 3.05) is 0 Å². The Balaban J connectivity index is 2.08. The lowest BCUT2D eigenvalue weighted by Gasteiger charge is -2.06. The highest BCUT2D eigenvalue weighted by Crippen LogP contribution is 2.06. The maximum atomic E-state index is 12.2. The SMILES string of the molecule is O=c1c2cccnc2ccn1Cc1ccncc1. The number of rotatable bonds is 2. The molecule has 0 aliphatic rings. The van der Waals surface area contributed by atoms with Gasteiger partial charge in [-0.1, -0.05) is 0 Å². The van der Waals surface area contributed by atoms with Crippen LogP contribution in [0.25, 0.3) is 10.9 Å². The van der Waals surface area contributed by atoms with Crippen molar-refractivity contribution in [3.8, 4) is 0 Å². The van der Waals surface area contributed by atoms with Crippen LogP contribution in [-0.2, 0) is 6.54 Å². The van der Waals surface area contributed by atoms with Crippen molar-refractivity contribution in [1.29, 1.82) is 0 Å². The summed E-state index contributed by atoms with van der Waals surface area (Å²) in [5, 5.41) is 0.647. The summed E-state index contributed by atoms with van der Waals surface area (Å²) in [6.45, 7) is 0.548. The summed E-state index contributed by atoms with van der Waals surface area (Å²) in [6.07, 6.45) is 6.92. The van der Waals surface area contributed by atoms with Gasteiger partial charge in [0.2, 0.25) is 0 Å². The molecule has 0 saturated carbocycles. The molecular weight excluding hydrogens is 226 g/mol. The van der Waals surface area contributed by atoms with Crippen LogP contribution in [0.4, 0.5) is 0 Å². The molecule has 0 saturated heterocycles. The Labute approximate surface area is 104 Å². The third kappa shape index (κ3) is 1.88. The van der Waals surface area contributed by atoms with E-state index in [1.54, 1.807) is 41.5 Å². The van der Waals surface area contributed by atoms with E-state index in [2.05, 4.69) is 9.97 Å². The first-order chi connectivity index (χ1) is 8.84. The molecule has 0 atom stereocenters. The van der Waals surface area contributed by atoms with Crippen molar-refractivity contribution in [3.05, 3.63) is 71.0 Å². The van der Waals surface area contributed by atoms with Crippen LogP contribution in [0.5, 0.6) is 0 Å². The minimum absolute atomic E-state index is 0.0163. The van der Waals surface area contributed by atoms with Crippen LogP contribution in [0.1, 0.15) is 5.56 Å². The first kappa shape index (κ1) is 10.7. The molecule has 0 fully saturated rings. The Morgan fingerprint density at radius 2 is 1.89 bits per heavy atom. The molecule has 0 aliphatic carbocycles. The fraction of sp³-hybridized carbons (Fsp3) is 0.0714. The summed E-state index contributed by atoms with van der Waals surface area (Å²) in [5.41, 5.74) is 1.77. The van der Waals surface area contributed by atoms with Crippen LogP contribution < -0.4 is 5.56 Å². The molecule has 0 spiro atoms. The quantitative estimate of drug-likeness (QED) is 0.683. The van der Waals surface area contributed by atoms with Gasteiger partial charge in [0.25, 0.3) is 5.56 Å². The maximum Gasteiger partial charge on any atom is 0.260 e. The minimum atomic E-state index is -0.0163. The van der Waals surface area contributed by atoms with E-state index in [0.717, 1.165) is 11.1 Å². The number of hydrogen-bond donors (Lipinski definition) is 0. The van der Waals surface area contributed by atoms with E-state index < -0.39 is 0 Å². The van der Waals surface area contributed by atoms with Gasteiger partial charge < -0.3 is 4.57 Å². The first-order valence-corrected chi connectivity index (χ1v) is 5.68. The van der Waals surface area contributed by atoms with E-state index in [0.29, 0.717) is 11.9 Å². The Bertz CT molecular complexity index is 735. The molecule has 0 radical (unpaired) electrons. The predicted octanol–water partition coefficient (Wildman–Crippen LogP) is 1.84. The standard InChI is InChI=1S/C14H11N3O/c18-14-12-2-1-6-16-13(12)5-9-17(14)10-11-3-7-15-8-4-11/h1-9H,10H2. The van der Waals surface area contributed by atoms with Crippen molar-refractivity contribution in [3.63, 3.8) is 0 Å². The van der Waals surface area contributed by atoms with E-state index in [1.807, 2.05) is 18.2 Å². The Morgan fingerprint density at radius 1 is 1.06 bits per heavy atom. The Kier molecular flexibility index (Phi) is 2.61. The average molecular weight is 237 g/mol. The van der Waals surface area contributed by atoms with Gasteiger partial charge in [0.1, 0.15) is 0 Å². The average Bonchev–Trinajstić information content (AvgIpc) is 2.43. The predicted molar refractivity (Wildman–Crippen MR) is 69.3 cm³/mol. The molecule has 4 heteroatoms. The fourth-order valence-corrected chi connectivity index (χ4v) is 1.92. The number of pyridine rings is 3. The van der Waals surface area contributed by atoms with Gasteiger partial charge >= 0.3 is 0 Å². The molecule has 3 aromatic heterocycles. The van der Waals surface area contributed by atoms with Gasteiger partial charge in [0.05, 0.1) is 17.4 Å². The lowest BCUT2D eigenvalue weighted by atomic mass is 10.2. The van der Waals surface area contributed by atoms with Crippen molar-refractivity contribution in [2.24, 2.45) is 0 Å². The summed E-state index contributed by atoms with van der Waals surface area (Å²) < 4.78 is 1.68. The van der Waals surface area contributed by atoms with Gasteiger partial charge in [-0.3, -0.25) is 14.8 Å². The zero-order chi connectivity index (χ0) is 12.4. The van der Waals surface area contributed by atoms with E-state index in [4.69, 9.17) is 0 Å². The third-order valence-electron chi connectivity index (χ3n) is 2.84. The zero-order valence-electron chi connectivity index (χ0n) is 9.65. The molecule has 0 aliphatic heterocycles. The molecular formula is C14H11N3O. The molecule has 0 unspecified atom stereocenters. The second-order valence-corrected chi connectivity index (χ2v) is 4.04. The smallest absolute Gasteiger partial charge is 0.260 e. The zero-order valence-corrected chi connectivity index (χ0v) is 9.65. The lowest BCUT2D eigenvalue weighted by Crippen LogP contribution is -2.20. The highest BCUT2D eigenvalue weighted by atomic mass is 16.1. The molecule has 0 aromatic carbocycles. The number of fused-ring (bicyclic) bond motifs is 1. The van der Waals surface area contributed by atoms with Crippen molar-refractivity contribution in [1.82, 2.24) is 14.5 Å². The summed E-state index contributed by atoms with van der Waals surface area (Å²) in [4.78, 5) is 20.4. The molecule has 3 aromatic rings. The number of aromatic nitrogens is 3. The van der Waals surface area contributed by atoms with E-state index in [9.17, 15) is 4.79 Å². The third-order valence-corrected chi connectivity index (χ3v) is 2.84. The first-order valence-electron chi connectivity index (χ1n) is 5.68. The molecule has 0 amide bonds. The maximum absolute atomic E-state index is 12.2. The number of nitrogens with zero attached hydrogens (tertiary/aromatic N) is 3. The largest absolute Gasteiger partial charge is 0.310 e. The molecule has 4 nitrogen and oxygen atoms in total. The topological polar surface area (TPSA) is 47.8 Å².